The number of hydrogen-bond donors (Lipinski definition) is 0. The van der Waals surface area contributed by atoms with Gasteiger partial charge in [-0.05, 0) is 36.8 Å². The summed E-state index contributed by atoms with van der Waals surface area (Å²) in [7, 11) is 0. The standard InChI is InChI=1S/C23H28ClNO3/c1-5-6-11-28-22(27)19-14(2)25-17-12-23(3,4)13-18(26)21(17)20(19)15-9-7-8-10-16(15)24/h7-10,19-20H,5-6,11-13H2,1-4H3/t19?,20-/m0/s1. The van der Waals surface area contributed by atoms with Crippen LogP contribution in [0, 0.1) is 11.3 Å². The maximum atomic E-state index is 13.2. The number of carbonyl (C=O) groups excluding carboxylic acids is 2. The molecule has 0 saturated heterocycles. The molecule has 1 heterocycles. The summed E-state index contributed by atoms with van der Waals surface area (Å²) in [5.41, 5.74) is 2.77. The highest BCUT2D eigenvalue weighted by atomic mass is 35.5. The third-order valence-electron chi connectivity index (χ3n) is 5.54. The molecule has 0 N–H and O–H groups in total. The summed E-state index contributed by atoms with van der Waals surface area (Å²) in [4.78, 5) is 30.9. The number of halogens is 1. The van der Waals surface area contributed by atoms with E-state index < -0.39 is 11.8 Å². The number of carbonyl (C=O) groups is 2. The van der Waals surface area contributed by atoms with Crippen molar-refractivity contribution in [3.05, 3.63) is 46.1 Å². The van der Waals surface area contributed by atoms with Gasteiger partial charge in [0.1, 0.15) is 5.92 Å². The monoisotopic (exact) mass is 401 g/mol. The smallest absolute Gasteiger partial charge is 0.315 e. The molecule has 0 saturated carbocycles. The van der Waals surface area contributed by atoms with E-state index in [0.29, 0.717) is 35.8 Å². The van der Waals surface area contributed by atoms with Gasteiger partial charge in [0.25, 0.3) is 0 Å². The van der Waals surface area contributed by atoms with Crippen LogP contribution in [0.5, 0.6) is 0 Å². The highest BCUT2D eigenvalue weighted by Gasteiger charge is 2.46. The first-order valence-corrected chi connectivity index (χ1v) is 10.4. The van der Waals surface area contributed by atoms with Gasteiger partial charge in [-0.25, -0.2) is 0 Å². The fraction of sp³-hybridized carbons (Fsp3) is 0.522. The molecule has 3 rings (SSSR count). The van der Waals surface area contributed by atoms with Gasteiger partial charge in [-0.15, -0.1) is 0 Å². The first-order valence-electron chi connectivity index (χ1n) is 9.97. The number of esters is 1. The molecular weight excluding hydrogens is 374 g/mol. The van der Waals surface area contributed by atoms with E-state index in [4.69, 9.17) is 21.3 Å². The second-order valence-electron chi connectivity index (χ2n) is 8.55. The number of nitrogens with zero attached hydrogens (tertiary/aromatic N) is 1. The molecule has 1 aliphatic heterocycles. The Labute approximate surface area is 172 Å². The third-order valence-corrected chi connectivity index (χ3v) is 5.88. The molecule has 2 aliphatic rings. The summed E-state index contributed by atoms with van der Waals surface area (Å²) in [5.74, 6) is -1.35. The zero-order chi connectivity index (χ0) is 20.5. The van der Waals surface area contributed by atoms with E-state index in [1.165, 1.54) is 0 Å². The minimum Gasteiger partial charge on any atom is -0.465 e. The van der Waals surface area contributed by atoms with Crippen LogP contribution in [0.2, 0.25) is 5.02 Å². The molecule has 4 nitrogen and oxygen atoms in total. The van der Waals surface area contributed by atoms with Gasteiger partial charge < -0.3 is 4.74 Å². The summed E-state index contributed by atoms with van der Waals surface area (Å²) >= 11 is 6.51. The van der Waals surface area contributed by atoms with Crippen molar-refractivity contribution in [1.82, 2.24) is 0 Å². The molecule has 0 amide bonds. The molecule has 1 unspecified atom stereocenters. The van der Waals surface area contributed by atoms with Crippen LogP contribution < -0.4 is 0 Å². The van der Waals surface area contributed by atoms with E-state index in [1.54, 1.807) is 6.07 Å². The summed E-state index contributed by atoms with van der Waals surface area (Å²) in [6.45, 7) is 8.43. The Bertz CT molecular complexity index is 853. The van der Waals surface area contributed by atoms with Crippen LogP contribution in [0.25, 0.3) is 0 Å². The van der Waals surface area contributed by atoms with E-state index in [9.17, 15) is 9.59 Å². The van der Waals surface area contributed by atoms with Crippen molar-refractivity contribution in [3.63, 3.8) is 0 Å². The molecule has 28 heavy (non-hydrogen) atoms. The topological polar surface area (TPSA) is 55.7 Å². The van der Waals surface area contributed by atoms with E-state index in [1.807, 2.05) is 32.0 Å². The highest BCUT2D eigenvalue weighted by Crippen LogP contribution is 2.49. The molecule has 150 valence electrons. The average molecular weight is 402 g/mol. The minimum atomic E-state index is -0.624. The number of ether oxygens (including phenoxy) is 1. The highest BCUT2D eigenvalue weighted by molar-refractivity contribution is 6.31. The maximum absolute atomic E-state index is 13.2. The maximum Gasteiger partial charge on any atom is 0.315 e. The normalized spacial score (nSPS) is 23.9. The zero-order valence-electron chi connectivity index (χ0n) is 17.0. The van der Waals surface area contributed by atoms with E-state index in [-0.39, 0.29) is 17.2 Å². The number of benzene rings is 1. The third kappa shape index (κ3) is 4.07. The summed E-state index contributed by atoms with van der Waals surface area (Å²) in [6.07, 6.45) is 2.91. The van der Waals surface area contributed by atoms with Crippen LogP contribution in [0.15, 0.2) is 40.5 Å². The Kier molecular flexibility index (Phi) is 6.09. The quantitative estimate of drug-likeness (QED) is 0.483. The lowest BCUT2D eigenvalue weighted by Crippen LogP contribution is -2.39. The van der Waals surface area contributed by atoms with Crippen molar-refractivity contribution in [2.75, 3.05) is 6.61 Å². The Morgan fingerprint density at radius 3 is 2.68 bits per heavy atom. The van der Waals surface area contributed by atoms with Crippen molar-refractivity contribution in [1.29, 1.82) is 0 Å². The SMILES string of the molecule is CCCCOC(=O)C1C(C)=NC2=C(C(=O)CC(C)(C)C2)[C@H]1c1ccccc1Cl. The van der Waals surface area contributed by atoms with Crippen LogP contribution in [0.4, 0.5) is 0 Å². The minimum absolute atomic E-state index is 0.0544. The van der Waals surface area contributed by atoms with Gasteiger partial charge in [0, 0.05) is 34.3 Å². The zero-order valence-corrected chi connectivity index (χ0v) is 17.8. The Morgan fingerprint density at radius 2 is 2.00 bits per heavy atom. The molecule has 0 radical (unpaired) electrons. The largest absolute Gasteiger partial charge is 0.465 e. The first kappa shape index (κ1) is 20.8. The Hall–Kier alpha value is -1.94. The Balaban J connectivity index is 2.10. The van der Waals surface area contributed by atoms with Crippen LogP contribution in [-0.4, -0.2) is 24.1 Å². The van der Waals surface area contributed by atoms with Gasteiger partial charge >= 0.3 is 5.97 Å². The van der Waals surface area contributed by atoms with Crippen LogP contribution in [-0.2, 0) is 14.3 Å². The lowest BCUT2D eigenvalue weighted by Gasteiger charge is -2.39. The van der Waals surface area contributed by atoms with Gasteiger partial charge in [0.2, 0.25) is 0 Å². The molecule has 1 aromatic carbocycles. The number of ketones is 1. The predicted octanol–water partition coefficient (Wildman–Crippen LogP) is 5.50. The van der Waals surface area contributed by atoms with Crippen LogP contribution in [0.1, 0.15) is 64.9 Å². The molecule has 0 fully saturated rings. The lowest BCUT2D eigenvalue weighted by atomic mass is 9.67. The molecule has 1 aromatic rings. The van der Waals surface area contributed by atoms with Crippen molar-refractivity contribution < 1.29 is 14.3 Å². The fourth-order valence-corrected chi connectivity index (χ4v) is 4.47. The van der Waals surface area contributed by atoms with Gasteiger partial charge in [0.15, 0.2) is 5.78 Å². The van der Waals surface area contributed by atoms with Crippen molar-refractivity contribution in [2.45, 2.75) is 59.3 Å². The van der Waals surface area contributed by atoms with Crippen molar-refractivity contribution >= 4 is 29.1 Å². The van der Waals surface area contributed by atoms with E-state index in [2.05, 4.69) is 13.8 Å². The lowest BCUT2D eigenvalue weighted by molar-refractivity contribution is -0.146. The predicted molar refractivity (Wildman–Crippen MR) is 112 cm³/mol. The van der Waals surface area contributed by atoms with Crippen LogP contribution >= 0.6 is 11.6 Å². The van der Waals surface area contributed by atoms with Crippen LogP contribution in [0.3, 0.4) is 0 Å². The van der Waals surface area contributed by atoms with Gasteiger partial charge in [-0.1, -0.05) is 57.0 Å². The number of Topliss-reactive ketones (excluding diaryl/α,β-unsaturated/α-hetero) is 1. The number of rotatable bonds is 5. The molecular formula is C23H28ClNO3. The fourth-order valence-electron chi connectivity index (χ4n) is 4.22. The Morgan fingerprint density at radius 1 is 1.29 bits per heavy atom. The van der Waals surface area contributed by atoms with Gasteiger partial charge in [-0.2, -0.15) is 0 Å². The first-order chi connectivity index (χ1) is 13.2. The van der Waals surface area contributed by atoms with Crippen molar-refractivity contribution in [3.8, 4) is 0 Å². The molecule has 0 aromatic heterocycles. The number of unbranched alkanes of at least 4 members (excludes halogenated alkanes) is 1. The molecule has 0 bridgehead atoms. The van der Waals surface area contributed by atoms with Gasteiger partial charge in [-0.3, -0.25) is 14.6 Å². The summed E-state index contributed by atoms with van der Waals surface area (Å²) < 4.78 is 5.54. The second kappa shape index (κ2) is 8.20. The second-order valence-corrected chi connectivity index (χ2v) is 8.96. The number of hydrogen-bond acceptors (Lipinski definition) is 4. The van der Waals surface area contributed by atoms with Crippen molar-refractivity contribution in [2.24, 2.45) is 16.3 Å². The molecule has 2 atom stereocenters. The molecule has 5 heteroatoms. The summed E-state index contributed by atoms with van der Waals surface area (Å²) in [5, 5.41) is 0.554. The molecule has 1 aliphatic carbocycles. The number of aliphatic imine (C=N–C) groups is 1. The number of allylic oxidation sites excluding steroid dienone is 2. The van der Waals surface area contributed by atoms with E-state index >= 15 is 0 Å². The van der Waals surface area contributed by atoms with E-state index in [0.717, 1.165) is 24.1 Å². The summed E-state index contributed by atoms with van der Waals surface area (Å²) in [6, 6.07) is 7.44. The molecule has 0 spiro atoms. The van der Waals surface area contributed by atoms with Gasteiger partial charge in [0.05, 0.1) is 6.61 Å². The average Bonchev–Trinajstić information content (AvgIpc) is 2.60.